The zero-order chi connectivity index (χ0) is 7.11. The molecule has 0 saturated heterocycles. The summed E-state index contributed by atoms with van der Waals surface area (Å²) in [7, 11) is 3.19. The number of nitrogens with zero attached hydrogens (tertiary/aromatic N) is 1. The smallest absolute Gasteiger partial charge is 0.0601 e. The van der Waals surface area contributed by atoms with Crippen LogP contribution in [0.4, 0.5) is 0 Å². The molecule has 0 fully saturated rings. The molecule has 0 radical (unpaired) electrons. The lowest BCUT2D eigenvalue weighted by Gasteiger charge is -2.14. The van der Waals surface area contributed by atoms with Crippen LogP contribution in [0.2, 0.25) is 0 Å². The van der Waals surface area contributed by atoms with Crippen molar-refractivity contribution in [1.29, 1.82) is 0 Å². The zero-order valence-corrected chi connectivity index (χ0v) is 6.39. The van der Waals surface area contributed by atoms with Crippen molar-refractivity contribution in [2.45, 2.75) is 19.8 Å². The first kappa shape index (κ1) is 8.88. The van der Waals surface area contributed by atoms with E-state index in [1.165, 1.54) is 5.23 Å². The van der Waals surface area contributed by atoms with Gasteiger partial charge in [0.2, 0.25) is 0 Å². The second-order valence-corrected chi connectivity index (χ2v) is 1.78. The van der Waals surface area contributed by atoms with Crippen molar-refractivity contribution >= 4 is 0 Å². The largest absolute Gasteiger partial charge is 0.278 e. The summed E-state index contributed by atoms with van der Waals surface area (Å²) in [4.78, 5) is 9.63. The van der Waals surface area contributed by atoms with Crippen molar-refractivity contribution in [3.05, 3.63) is 0 Å². The second kappa shape index (κ2) is 6.01. The minimum Gasteiger partial charge on any atom is -0.278 e. The van der Waals surface area contributed by atoms with E-state index in [2.05, 4.69) is 6.92 Å². The Morgan fingerprint density at radius 3 is 2.11 bits per heavy atom. The van der Waals surface area contributed by atoms with E-state index in [0.29, 0.717) is 0 Å². The van der Waals surface area contributed by atoms with E-state index < -0.39 is 0 Å². The van der Waals surface area contributed by atoms with Crippen LogP contribution in [0.5, 0.6) is 0 Å². The first-order valence-corrected chi connectivity index (χ1v) is 3.20. The fraction of sp³-hybridized carbons (Fsp3) is 1.00. The number of hydrogen-bond acceptors (Lipinski definition) is 3. The van der Waals surface area contributed by atoms with Crippen LogP contribution in [-0.4, -0.2) is 26.0 Å². The summed E-state index contributed by atoms with van der Waals surface area (Å²) in [5, 5.41) is 1.46. The van der Waals surface area contributed by atoms with Crippen LogP contribution < -0.4 is 0 Å². The van der Waals surface area contributed by atoms with Gasteiger partial charge in [-0.25, -0.2) is 0 Å². The van der Waals surface area contributed by atoms with Gasteiger partial charge < -0.3 is 0 Å². The summed E-state index contributed by atoms with van der Waals surface area (Å²) in [5.41, 5.74) is 0. The molecule has 0 aromatic carbocycles. The molecule has 0 heterocycles. The van der Waals surface area contributed by atoms with Crippen molar-refractivity contribution in [3.63, 3.8) is 0 Å². The fourth-order valence-corrected chi connectivity index (χ4v) is 0.544. The predicted octanol–water partition coefficient (Wildman–Crippen LogP) is 1.21. The molecule has 3 nitrogen and oxygen atoms in total. The summed E-state index contributed by atoms with van der Waals surface area (Å²) in [6.07, 6.45) is 2.25. The van der Waals surface area contributed by atoms with Crippen molar-refractivity contribution in [2.24, 2.45) is 0 Å². The number of rotatable bonds is 5. The highest BCUT2D eigenvalue weighted by Crippen LogP contribution is 1.93. The molecular formula is C6H15NO2. The second-order valence-electron chi connectivity index (χ2n) is 1.78. The summed E-state index contributed by atoms with van der Waals surface area (Å²) < 4.78 is 0. The number of unbranched alkanes of at least 4 members (excludes halogenated alkanes) is 1. The summed E-state index contributed by atoms with van der Waals surface area (Å²) in [6, 6.07) is 0. The maximum atomic E-state index is 4.81. The van der Waals surface area contributed by atoms with E-state index >= 15 is 0 Å². The molecule has 0 aliphatic rings. The van der Waals surface area contributed by atoms with Crippen LogP contribution in [0.3, 0.4) is 0 Å². The highest BCUT2D eigenvalue weighted by atomic mass is 16.9. The molecule has 0 rings (SSSR count). The number of hydrogen-bond donors (Lipinski definition) is 0. The molecule has 0 spiro atoms. The van der Waals surface area contributed by atoms with Gasteiger partial charge in [-0.2, -0.15) is 0 Å². The lowest BCUT2D eigenvalue weighted by Crippen LogP contribution is -2.21. The molecule has 0 atom stereocenters. The van der Waals surface area contributed by atoms with Crippen LogP contribution in [0, 0.1) is 0 Å². The normalized spacial score (nSPS) is 10.7. The average Bonchev–Trinajstić information content (AvgIpc) is 1.91. The lowest BCUT2D eigenvalue weighted by atomic mass is 10.3. The van der Waals surface area contributed by atoms with Crippen molar-refractivity contribution in [3.8, 4) is 0 Å². The molecule has 0 amide bonds. The van der Waals surface area contributed by atoms with Gasteiger partial charge in [0.25, 0.3) is 0 Å². The van der Waals surface area contributed by atoms with E-state index in [0.717, 1.165) is 19.4 Å². The van der Waals surface area contributed by atoms with Crippen molar-refractivity contribution in [2.75, 3.05) is 20.8 Å². The van der Waals surface area contributed by atoms with E-state index in [1.807, 2.05) is 0 Å². The molecule has 56 valence electrons. The van der Waals surface area contributed by atoms with Crippen LogP contribution in [0.1, 0.15) is 19.8 Å². The molecule has 0 bridgehead atoms. The molecule has 3 heteroatoms. The molecule has 0 aromatic heterocycles. The summed E-state index contributed by atoms with van der Waals surface area (Å²) >= 11 is 0. The first-order valence-electron chi connectivity index (χ1n) is 3.20. The molecule has 0 unspecified atom stereocenters. The topological polar surface area (TPSA) is 21.7 Å². The Kier molecular flexibility index (Phi) is 5.93. The quantitative estimate of drug-likeness (QED) is 0.526. The molecular weight excluding hydrogens is 118 g/mol. The van der Waals surface area contributed by atoms with E-state index in [9.17, 15) is 0 Å². The SMILES string of the molecule is CCCCN(OC)OC. The van der Waals surface area contributed by atoms with E-state index in [4.69, 9.17) is 9.68 Å². The van der Waals surface area contributed by atoms with Crippen LogP contribution in [-0.2, 0) is 9.68 Å². The van der Waals surface area contributed by atoms with Crippen LogP contribution in [0.25, 0.3) is 0 Å². The molecule has 0 aromatic rings. The van der Waals surface area contributed by atoms with Crippen molar-refractivity contribution in [1.82, 2.24) is 5.23 Å². The Hall–Kier alpha value is -0.120. The van der Waals surface area contributed by atoms with Crippen LogP contribution >= 0.6 is 0 Å². The minimum absolute atomic E-state index is 0.837. The zero-order valence-electron chi connectivity index (χ0n) is 6.39. The van der Waals surface area contributed by atoms with Gasteiger partial charge in [-0.1, -0.05) is 18.6 Å². The maximum absolute atomic E-state index is 4.81. The maximum Gasteiger partial charge on any atom is 0.0601 e. The molecule has 0 saturated carbocycles. The third-order valence-corrected chi connectivity index (χ3v) is 1.10. The van der Waals surface area contributed by atoms with Gasteiger partial charge in [-0.15, -0.1) is 0 Å². The predicted molar refractivity (Wildman–Crippen MR) is 35.6 cm³/mol. The highest BCUT2D eigenvalue weighted by molar-refractivity contribution is 4.32. The Labute approximate surface area is 56.5 Å². The Balaban J connectivity index is 3.09. The van der Waals surface area contributed by atoms with E-state index in [-0.39, 0.29) is 0 Å². The molecule has 9 heavy (non-hydrogen) atoms. The highest BCUT2D eigenvalue weighted by Gasteiger charge is 1.97. The van der Waals surface area contributed by atoms with Crippen LogP contribution in [0.15, 0.2) is 0 Å². The molecule has 0 aliphatic carbocycles. The number of hydroxylamine groups is 2. The third-order valence-electron chi connectivity index (χ3n) is 1.10. The van der Waals surface area contributed by atoms with Gasteiger partial charge >= 0.3 is 0 Å². The van der Waals surface area contributed by atoms with Crippen molar-refractivity contribution < 1.29 is 9.68 Å². The minimum atomic E-state index is 0.837. The van der Waals surface area contributed by atoms with E-state index in [1.54, 1.807) is 14.2 Å². The van der Waals surface area contributed by atoms with Gasteiger partial charge in [0.1, 0.15) is 0 Å². The summed E-state index contributed by atoms with van der Waals surface area (Å²) in [6.45, 7) is 2.97. The van der Waals surface area contributed by atoms with Gasteiger partial charge in [0.05, 0.1) is 20.8 Å². The van der Waals surface area contributed by atoms with Gasteiger partial charge in [-0.05, 0) is 6.42 Å². The summed E-state index contributed by atoms with van der Waals surface area (Å²) in [5.74, 6) is 0. The monoisotopic (exact) mass is 133 g/mol. The Morgan fingerprint density at radius 2 is 1.78 bits per heavy atom. The lowest BCUT2D eigenvalue weighted by molar-refractivity contribution is -0.342. The molecule has 0 N–H and O–H groups in total. The standard InChI is InChI=1S/C6H15NO2/c1-4-5-6-7(8-2)9-3/h4-6H2,1-3H3. The van der Waals surface area contributed by atoms with Gasteiger partial charge in [-0.3, -0.25) is 9.68 Å². The third kappa shape index (κ3) is 4.39. The average molecular weight is 133 g/mol. The first-order chi connectivity index (χ1) is 4.35. The van der Waals surface area contributed by atoms with Gasteiger partial charge in [0.15, 0.2) is 0 Å². The molecule has 0 aliphatic heterocycles. The van der Waals surface area contributed by atoms with Gasteiger partial charge in [0, 0.05) is 0 Å². The Morgan fingerprint density at radius 1 is 1.22 bits per heavy atom. The Bertz CT molecular complexity index is 55.0. The fourth-order valence-electron chi connectivity index (χ4n) is 0.544.